The lowest BCUT2D eigenvalue weighted by Gasteiger charge is -2.17. The van der Waals surface area contributed by atoms with Gasteiger partial charge in [-0.25, -0.2) is 0 Å². The molecular weight excluding hydrogens is 260 g/mol. The van der Waals surface area contributed by atoms with Crippen molar-refractivity contribution in [2.75, 3.05) is 13.6 Å². The van der Waals surface area contributed by atoms with Crippen LogP contribution in [0, 0.1) is 13.8 Å². The summed E-state index contributed by atoms with van der Waals surface area (Å²) in [5.41, 5.74) is 4.78. The summed E-state index contributed by atoms with van der Waals surface area (Å²) in [6, 6.07) is 10.2. The zero-order valence-corrected chi connectivity index (χ0v) is 13.0. The zero-order chi connectivity index (χ0) is 15.2. The standard InChI is InChI=1S/C18H22N2O/c1-14-4-5-17(12-15(14)2)13-18(21)20(3)11-8-16-6-9-19-10-7-16/h4-7,9-10,12H,8,11,13H2,1-3H3. The molecule has 0 aliphatic rings. The third-order valence-electron chi connectivity index (χ3n) is 3.84. The van der Waals surface area contributed by atoms with Crippen LogP contribution >= 0.6 is 0 Å². The summed E-state index contributed by atoms with van der Waals surface area (Å²) >= 11 is 0. The molecule has 0 atom stereocenters. The zero-order valence-electron chi connectivity index (χ0n) is 13.0. The van der Waals surface area contributed by atoms with Gasteiger partial charge in [-0.1, -0.05) is 18.2 Å². The number of likely N-dealkylation sites (N-methyl/N-ethyl adjacent to an activating group) is 1. The number of rotatable bonds is 5. The second-order valence-electron chi connectivity index (χ2n) is 5.52. The number of amides is 1. The maximum absolute atomic E-state index is 12.2. The fraction of sp³-hybridized carbons (Fsp3) is 0.333. The summed E-state index contributed by atoms with van der Waals surface area (Å²) in [6.07, 6.45) is 4.89. The van der Waals surface area contributed by atoms with E-state index in [1.807, 2.05) is 25.2 Å². The molecule has 0 unspecified atom stereocenters. The van der Waals surface area contributed by atoms with E-state index in [2.05, 4.69) is 31.0 Å². The average molecular weight is 282 g/mol. The summed E-state index contributed by atoms with van der Waals surface area (Å²) in [6.45, 7) is 4.89. The lowest BCUT2D eigenvalue weighted by molar-refractivity contribution is -0.129. The number of hydrogen-bond acceptors (Lipinski definition) is 2. The predicted molar refractivity (Wildman–Crippen MR) is 85.2 cm³/mol. The third-order valence-corrected chi connectivity index (χ3v) is 3.84. The van der Waals surface area contributed by atoms with Gasteiger partial charge in [-0.3, -0.25) is 9.78 Å². The minimum atomic E-state index is 0.160. The number of carbonyl (C=O) groups is 1. The first-order chi connectivity index (χ1) is 10.1. The number of hydrogen-bond donors (Lipinski definition) is 0. The second-order valence-corrected chi connectivity index (χ2v) is 5.52. The second kappa shape index (κ2) is 7.02. The molecule has 0 N–H and O–H groups in total. The van der Waals surface area contributed by atoms with E-state index >= 15 is 0 Å². The molecule has 0 radical (unpaired) electrons. The molecule has 0 fully saturated rings. The Kier molecular flexibility index (Phi) is 5.09. The van der Waals surface area contributed by atoms with E-state index in [9.17, 15) is 4.79 Å². The molecule has 0 spiro atoms. The van der Waals surface area contributed by atoms with E-state index in [-0.39, 0.29) is 5.91 Å². The Morgan fingerprint density at radius 1 is 1.05 bits per heavy atom. The molecule has 3 heteroatoms. The van der Waals surface area contributed by atoms with Crippen molar-refractivity contribution in [1.82, 2.24) is 9.88 Å². The van der Waals surface area contributed by atoms with Crippen LogP contribution in [0.2, 0.25) is 0 Å². The highest BCUT2D eigenvalue weighted by atomic mass is 16.2. The molecule has 0 aliphatic heterocycles. The molecule has 0 saturated carbocycles. The first kappa shape index (κ1) is 15.2. The molecule has 1 amide bonds. The average Bonchev–Trinajstić information content (AvgIpc) is 2.49. The van der Waals surface area contributed by atoms with Gasteiger partial charge in [-0.15, -0.1) is 0 Å². The van der Waals surface area contributed by atoms with E-state index in [0.717, 1.165) is 18.5 Å². The molecule has 3 nitrogen and oxygen atoms in total. The number of benzene rings is 1. The van der Waals surface area contributed by atoms with Crippen LogP contribution in [-0.4, -0.2) is 29.4 Å². The SMILES string of the molecule is Cc1ccc(CC(=O)N(C)CCc2ccncc2)cc1C. The molecule has 2 rings (SSSR count). The normalized spacial score (nSPS) is 10.4. The van der Waals surface area contributed by atoms with Gasteiger partial charge in [-0.05, 0) is 54.7 Å². The first-order valence-corrected chi connectivity index (χ1v) is 7.25. The van der Waals surface area contributed by atoms with Crippen LogP contribution in [0.25, 0.3) is 0 Å². The highest BCUT2D eigenvalue weighted by molar-refractivity contribution is 5.78. The van der Waals surface area contributed by atoms with Gasteiger partial charge in [-0.2, -0.15) is 0 Å². The summed E-state index contributed by atoms with van der Waals surface area (Å²) in [7, 11) is 1.87. The van der Waals surface area contributed by atoms with Crippen LogP contribution in [0.15, 0.2) is 42.7 Å². The van der Waals surface area contributed by atoms with Crippen molar-refractivity contribution in [3.05, 3.63) is 65.0 Å². The van der Waals surface area contributed by atoms with Crippen molar-refractivity contribution in [1.29, 1.82) is 0 Å². The monoisotopic (exact) mass is 282 g/mol. The van der Waals surface area contributed by atoms with Crippen LogP contribution in [0.4, 0.5) is 0 Å². The van der Waals surface area contributed by atoms with Crippen LogP contribution in [0.3, 0.4) is 0 Å². The largest absolute Gasteiger partial charge is 0.345 e. The molecule has 2 aromatic rings. The van der Waals surface area contributed by atoms with Crippen molar-refractivity contribution < 1.29 is 4.79 Å². The molecule has 1 aromatic heterocycles. The topological polar surface area (TPSA) is 33.2 Å². The Hall–Kier alpha value is -2.16. The smallest absolute Gasteiger partial charge is 0.226 e. The van der Waals surface area contributed by atoms with Crippen molar-refractivity contribution in [3.8, 4) is 0 Å². The highest BCUT2D eigenvalue weighted by Crippen LogP contribution is 2.11. The van der Waals surface area contributed by atoms with Crippen molar-refractivity contribution >= 4 is 5.91 Å². The Morgan fingerprint density at radius 2 is 1.76 bits per heavy atom. The summed E-state index contributed by atoms with van der Waals surface area (Å²) in [5.74, 6) is 0.160. The van der Waals surface area contributed by atoms with Gasteiger partial charge in [0, 0.05) is 26.0 Å². The van der Waals surface area contributed by atoms with Gasteiger partial charge in [0.25, 0.3) is 0 Å². The molecule has 0 aliphatic carbocycles. The molecule has 0 bridgehead atoms. The molecule has 0 saturated heterocycles. The predicted octanol–water partition coefficient (Wildman–Crippen LogP) is 2.94. The Labute approximate surface area is 126 Å². The summed E-state index contributed by atoms with van der Waals surface area (Å²) in [5, 5.41) is 0. The summed E-state index contributed by atoms with van der Waals surface area (Å²) in [4.78, 5) is 18.0. The van der Waals surface area contributed by atoms with Crippen LogP contribution in [0.1, 0.15) is 22.3 Å². The minimum absolute atomic E-state index is 0.160. The lowest BCUT2D eigenvalue weighted by Crippen LogP contribution is -2.30. The first-order valence-electron chi connectivity index (χ1n) is 7.25. The molecule has 1 aromatic carbocycles. The number of aryl methyl sites for hydroxylation is 2. The van der Waals surface area contributed by atoms with E-state index in [4.69, 9.17) is 0 Å². The van der Waals surface area contributed by atoms with Gasteiger partial charge >= 0.3 is 0 Å². The fourth-order valence-corrected chi connectivity index (χ4v) is 2.19. The maximum Gasteiger partial charge on any atom is 0.226 e. The minimum Gasteiger partial charge on any atom is -0.345 e. The van der Waals surface area contributed by atoms with Gasteiger partial charge in [0.05, 0.1) is 6.42 Å². The van der Waals surface area contributed by atoms with Crippen LogP contribution < -0.4 is 0 Å². The highest BCUT2D eigenvalue weighted by Gasteiger charge is 2.10. The van der Waals surface area contributed by atoms with Crippen molar-refractivity contribution in [2.45, 2.75) is 26.7 Å². The molecule has 1 heterocycles. The van der Waals surface area contributed by atoms with Gasteiger partial charge in [0.15, 0.2) is 0 Å². The van der Waals surface area contributed by atoms with E-state index in [1.54, 1.807) is 17.3 Å². The Bertz CT molecular complexity index is 608. The Balaban J connectivity index is 1.89. The van der Waals surface area contributed by atoms with Gasteiger partial charge in [0.1, 0.15) is 0 Å². The lowest BCUT2D eigenvalue weighted by atomic mass is 10.0. The summed E-state index contributed by atoms with van der Waals surface area (Å²) < 4.78 is 0. The quantitative estimate of drug-likeness (QED) is 0.844. The molecular formula is C18H22N2O. The van der Waals surface area contributed by atoms with Crippen LogP contribution in [0.5, 0.6) is 0 Å². The molecule has 110 valence electrons. The number of pyridine rings is 1. The van der Waals surface area contributed by atoms with Crippen molar-refractivity contribution in [2.24, 2.45) is 0 Å². The van der Waals surface area contributed by atoms with E-state index in [0.29, 0.717) is 6.42 Å². The van der Waals surface area contributed by atoms with E-state index < -0.39 is 0 Å². The van der Waals surface area contributed by atoms with Crippen LogP contribution in [-0.2, 0) is 17.6 Å². The maximum atomic E-state index is 12.2. The van der Waals surface area contributed by atoms with Gasteiger partial charge < -0.3 is 4.90 Å². The van der Waals surface area contributed by atoms with E-state index in [1.165, 1.54) is 16.7 Å². The number of nitrogens with zero attached hydrogens (tertiary/aromatic N) is 2. The third kappa shape index (κ3) is 4.42. The fourth-order valence-electron chi connectivity index (χ4n) is 2.19. The number of carbonyl (C=O) groups excluding carboxylic acids is 1. The van der Waals surface area contributed by atoms with Gasteiger partial charge in [0.2, 0.25) is 5.91 Å². The Morgan fingerprint density at radius 3 is 2.43 bits per heavy atom. The number of aromatic nitrogens is 1. The molecule has 21 heavy (non-hydrogen) atoms. The van der Waals surface area contributed by atoms with Crippen molar-refractivity contribution in [3.63, 3.8) is 0 Å².